The van der Waals surface area contributed by atoms with Gasteiger partial charge in [-0.1, -0.05) is 0 Å². The Morgan fingerprint density at radius 3 is 2.67 bits per heavy atom. The Kier molecular flexibility index (Phi) is 4.09. The zero-order chi connectivity index (χ0) is 13.1. The third-order valence-corrected chi connectivity index (χ3v) is 3.09. The summed E-state index contributed by atoms with van der Waals surface area (Å²) in [7, 11) is 1.90. The van der Waals surface area contributed by atoms with E-state index >= 15 is 0 Å². The largest absolute Gasteiger partial charge is 0.448 e. The summed E-state index contributed by atoms with van der Waals surface area (Å²) < 4.78 is 7.39. The molecule has 0 aliphatic heterocycles. The summed E-state index contributed by atoms with van der Waals surface area (Å²) in [5.41, 5.74) is 1.04. The van der Waals surface area contributed by atoms with Crippen LogP contribution in [0.15, 0.2) is 28.8 Å². The molecule has 0 saturated heterocycles. The van der Waals surface area contributed by atoms with Gasteiger partial charge in [0.15, 0.2) is 5.22 Å². The molecule has 0 saturated carbocycles. The molecule has 0 radical (unpaired) electrons. The van der Waals surface area contributed by atoms with E-state index in [0.29, 0.717) is 11.3 Å². The summed E-state index contributed by atoms with van der Waals surface area (Å²) in [5, 5.41) is 8.16. The predicted octanol–water partition coefficient (Wildman–Crippen LogP) is 3.21. The fourth-order valence-electron chi connectivity index (χ4n) is 1.84. The van der Waals surface area contributed by atoms with E-state index in [4.69, 9.17) is 16.0 Å². The quantitative estimate of drug-likeness (QED) is 0.905. The maximum atomic E-state index is 5.80. The van der Waals surface area contributed by atoms with Crippen molar-refractivity contribution in [1.29, 1.82) is 0 Å². The number of rotatable bonds is 5. The highest BCUT2D eigenvalue weighted by atomic mass is 35.5. The SMILES string of the molecule is CNC(Cc1ccn(C(C)C)n1)c1ccc(Cl)o1. The minimum Gasteiger partial charge on any atom is -0.448 e. The first-order valence-electron chi connectivity index (χ1n) is 6.06. The molecule has 1 N–H and O–H groups in total. The van der Waals surface area contributed by atoms with E-state index in [2.05, 4.69) is 24.3 Å². The van der Waals surface area contributed by atoms with Crippen LogP contribution in [0.25, 0.3) is 0 Å². The topological polar surface area (TPSA) is 43.0 Å². The number of nitrogens with zero attached hydrogens (tertiary/aromatic N) is 2. The van der Waals surface area contributed by atoms with Gasteiger partial charge in [-0.05, 0) is 50.7 Å². The lowest BCUT2D eigenvalue weighted by molar-refractivity contribution is 0.425. The number of likely N-dealkylation sites (N-methyl/N-ethyl adjacent to an activating group) is 1. The number of nitrogens with one attached hydrogen (secondary N) is 1. The second-order valence-corrected chi connectivity index (χ2v) is 4.94. The molecule has 5 heteroatoms. The van der Waals surface area contributed by atoms with Gasteiger partial charge in [0, 0.05) is 18.7 Å². The molecule has 18 heavy (non-hydrogen) atoms. The molecular weight excluding hydrogens is 250 g/mol. The van der Waals surface area contributed by atoms with Crippen molar-refractivity contribution >= 4 is 11.6 Å². The lowest BCUT2D eigenvalue weighted by Gasteiger charge is -2.12. The highest BCUT2D eigenvalue weighted by molar-refractivity contribution is 6.28. The van der Waals surface area contributed by atoms with Crippen LogP contribution in [0, 0.1) is 0 Å². The van der Waals surface area contributed by atoms with Crippen LogP contribution in [0.4, 0.5) is 0 Å². The molecule has 2 heterocycles. The zero-order valence-corrected chi connectivity index (χ0v) is 11.6. The zero-order valence-electron chi connectivity index (χ0n) is 10.9. The smallest absolute Gasteiger partial charge is 0.193 e. The van der Waals surface area contributed by atoms with Crippen LogP contribution in [-0.4, -0.2) is 16.8 Å². The molecule has 98 valence electrons. The van der Waals surface area contributed by atoms with Crippen LogP contribution >= 0.6 is 11.6 Å². The van der Waals surface area contributed by atoms with E-state index in [9.17, 15) is 0 Å². The summed E-state index contributed by atoms with van der Waals surface area (Å²) in [5.74, 6) is 0.835. The standard InChI is InChI=1S/C13H18ClN3O/c1-9(2)17-7-6-10(16-17)8-11(15-3)12-4-5-13(14)18-12/h4-7,9,11,15H,8H2,1-3H3. The van der Waals surface area contributed by atoms with Crippen LogP contribution in [0.3, 0.4) is 0 Å². The van der Waals surface area contributed by atoms with Crippen molar-refractivity contribution in [3.8, 4) is 0 Å². The second-order valence-electron chi connectivity index (χ2n) is 4.57. The fourth-order valence-corrected chi connectivity index (χ4v) is 2.00. The lowest BCUT2D eigenvalue weighted by Crippen LogP contribution is -2.18. The van der Waals surface area contributed by atoms with Crippen molar-refractivity contribution < 1.29 is 4.42 Å². The van der Waals surface area contributed by atoms with Crippen LogP contribution in [-0.2, 0) is 6.42 Å². The highest BCUT2D eigenvalue weighted by Gasteiger charge is 2.15. The molecular formula is C13H18ClN3O. The van der Waals surface area contributed by atoms with E-state index < -0.39 is 0 Å². The Bertz CT molecular complexity index is 504. The van der Waals surface area contributed by atoms with Crippen molar-refractivity contribution in [3.63, 3.8) is 0 Å². The van der Waals surface area contributed by atoms with E-state index in [-0.39, 0.29) is 6.04 Å². The number of hydrogen-bond donors (Lipinski definition) is 1. The van der Waals surface area contributed by atoms with Gasteiger partial charge in [-0.25, -0.2) is 0 Å². The Morgan fingerprint density at radius 2 is 2.17 bits per heavy atom. The van der Waals surface area contributed by atoms with Crippen LogP contribution in [0.5, 0.6) is 0 Å². The van der Waals surface area contributed by atoms with Crippen LogP contribution < -0.4 is 5.32 Å². The predicted molar refractivity (Wildman–Crippen MR) is 71.8 cm³/mol. The molecule has 2 rings (SSSR count). The van der Waals surface area contributed by atoms with Gasteiger partial charge in [0.05, 0.1) is 11.7 Å². The van der Waals surface area contributed by atoms with E-state index in [1.165, 1.54) is 0 Å². The minimum absolute atomic E-state index is 0.0908. The molecule has 1 atom stereocenters. The summed E-state index contributed by atoms with van der Waals surface area (Å²) in [6, 6.07) is 6.16. The molecule has 0 aromatic carbocycles. The Labute approximate surface area is 112 Å². The third-order valence-electron chi connectivity index (χ3n) is 2.89. The molecule has 0 bridgehead atoms. The van der Waals surface area contributed by atoms with Gasteiger partial charge < -0.3 is 9.73 Å². The molecule has 2 aromatic heterocycles. The summed E-state index contributed by atoms with van der Waals surface area (Å²) >= 11 is 5.80. The van der Waals surface area contributed by atoms with Gasteiger partial charge in [0.2, 0.25) is 0 Å². The van der Waals surface area contributed by atoms with Crippen molar-refractivity contribution in [2.24, 2.45) is 0 Å². The van der Waals surface area contributed by atoms with Crippen molar-refractivity contribution in [3.05, 3.63) is 41.1 Å². The van der Waals surface area contributed by atoms with Gasteiger partial charge >= 0.3 is 0 Å². The third kappa shape index (κ3) is 2.94. The summed E-state index contributed by atoms with van der Waals surface area (Å²) in [6.45, 7) is 4.22. The molecule has 0 spiro atoms. The Morgan fingerprint density at radius 1 is 1.39 bits per heavy atom. The first-order chi connectivity index (χ1) is 8.60. The number of furan rings is 1. The fraction of sp³-hybridized carbons (Fsp3) is 0.462. The number of hydrogen-bond acceptors (Lipinski definition) is 3. The van der Waals surface area contributed by atoms with Gasteiger partial charge in [0.25, 0.3) is 0 Å². The number of halogens is 1. The summed E-state index contributed by atoms with van der Waals surface area (Å²) in [4.78, 5) is 0. The average molecular weight is 268 g/mol. The van der Waals surface area contributed by atoms with Gasteiger partial charge in [-0.3, -0.25) is 4.68 Å². The maximum Gasteiger partial charge on any atom is 0.193 e. The molecule has 0 amide bonds. The second kappa shape index (κ2) is 5.59. The average Bonchev–Trinajstić information content (AvgIpc) is 2.94. The maximum absolute atomic E-state index is 5.80. The van der Waals surface area contributed by atoms with Gasteiger partial charge in [-0.2, -0.15) is 5.10 Å². The molecule has 0 aliphatic carbocycles. The monoisotopic (exact) mass is 267 g/mol. The Hall–Kier alpha value is -1.26. The van der Waals surface area contributed by atoms with Crippen molar-refractivity contribution in [1.82, 2.24) is 15.1 Å². The lowest BCUT2D eigenvalue weighted by atomic mass is 10.1. The van der Waals surface area contributed by atoms with Gasteiger partial charge in [0.1, 0.15) is 5.76 Å². The minimum atomic E-state index is 0.0908. The van der Waals surface area contributed by atoms with E-state index in [1.807, 2.05) is 30.1 Å². The summed E-state index contributed by atoms with van der Waals surface area (Å²) in [6.07, 6.45) is 2.78. The normalized spacial score (nSPS) is 13.2. The van der Waals surface area contributed by atoms with E-state index in [0.717, 1.165) is 17.9 Å². The highest BCUT2D eigenvalue weighted by Crippen LogP contribution is 2.22. The molecule has 0 fully saturated rings. The van der Waals surface area contributed by atoms with Gasteiger partial charge in [-0.15, -0.1) is 0 Å². The molecule has 1 unspecified atom stereocenters. The first kappa shape index (κ1) is 13.2. The van der Waals surface area contributed by atoms with Crippen LogP contribution in [0.2, 0.25) is 5.22 Å². The van der Waals surface area contributed by atoms with Crippen LogP contribution in [0.1, 0.15) is 37.4 Å². The van der Waals surface area contributed by atoms with Crippen molar-refractivity contribution in [2.75, 3.05) is 7.05 Å². The van der Waals surface area contributed by atoms with Crippen molar-refractivity contribution in [2.45, 2.75) is 32.4 Å². The Balaban J connectivity index is 2.10. The molecule has 2 aromatic rings. The van der Waals surface area contributed by atoms with E-state index in [1.54, 1.807) is 6.07 Å². The molecule has 4 nitrogen and oxygen atoms in total. The first-order valence-corrected chi connectivity index (χ1v) is 6.44. The number of aromatic nitrogens is 2. The molecule has 0 aliphatic rings.